The second-order valence-electron chi connectivity index (χ2n) is 8.40. The minimum atomic E-state index is -0.314. The average Bonchev–Trinajstić information content (AvgIpc) is 3.31. The molecule has 5 rings (SSSR count). The van der Waals surface area contributed by atoms with Crippen LogP contribution in [0.4, 0.5) is 5.69 Å². The van der Waals surface area contributed by atoms with Crippen molar-refractivity contribution in [2.24, 2.45) is 0 Å². The summed E-state index contributed by atoms with van der Waals surface area (Å²) in [6.45, 7) is 4.85. The van der Waals surface area contributed by atoms with Crippen LogP contribution in [0.3, 0.4) is 0 Å². The Balaban J connectivity index is 1.50. The molecule has 1 amide bonds. The molecular weight excluding hydrogens is 430 g/mol. The van der Waals surface area contributed by atoms with Gasteiger partial charge in [0.1, 0.15) is 11.3 Å². The minimum absolute atomic E-state index is 0.159. The molecule has 1 N–H and O–H groups in total. The Labute approximate surface area is 197 Å². The molecule has 0 fully saturated rings. The molecule has 0 saturated heterocycles. The van der Waals surface area contributed by atoms with Gasteiger partial charge >= 0.3 is 0 Å². The second kappa shape index (κ2) is 9.15. The van der Waals surface area contributed by atoms with E-state index >= 15 is 0 Å². The maximum atomic E-state index is 13.4. The summed E-state index contributed by atoms with van der Waals surface area (Å²) in [4.78, 5) is 28.9. The van der Waals surface area contributed by atoms with Crippen LogP contribution in [0.15, 0.2) is 65.6 Å². The molecule has 1 aliphatic heterocycles. The van der Waals surface area contributed by atoms with Crippen molar-refractivity contribution in [3.63, 3.8) is 0 Å². The van der Waals surface area contributed by atoms with E-state index in [0.29, 0.717) is 35.7 Å². The number of methoxy groups -OCH3 is 1. The molecule has 0 aliphatic carbocycles. The fourth-order valence-corrected chi connectivity index (χ4v) is 4.68. The van der Waals surface area contributed by atoms with Gasteiger partial charge in [-0.15, -0.1) is 0 Å². The topological polar surface area (TPSA) is 80.9 Å². The third-order valence-corrected chi connectivity index (χ3v) is 6.31. The van der Waals surface area contributed by atoms with Crippen molar-refractivity contribution in [1.82, 2.24) is 19.1 Å². The SMILES string of the molecule is CCn1c2c(c(=O)n3ncc(C(=O)Nc4cccc(OC)c4)c13)CN(Cc1ccccc1)CC2. The summed E-state index contributed by atoms with van der Waals surface area (Å²) in [5.41, 5.74) is 4.31. The van der Waals surface area contributed by atoms with E-state index in [2.05, 4.69) is 32.0 Å². The van der Waals surface area contributed by atoms with E-state index in [0.717, 1.165) is 30.8 Å². The Morgan fingerprint density at radius 3 is 2.74 bits per heavy atom. The summed E-state index contributed by atoms with van der Waals surface area (Å²) in [5, 5.41) is 7.22. The average molecular weight is 458 g/mol. The van der Waals surface area contributed by atoms with E-state index in [1.54, 1.807) is 19.2 Å². The van der Waals surface area contributed by atoms with Gasteiger partial charge < -0.3 is 14.6 Å². The van der Waals surface area contributed by atoms with Gasteiger partial charge in [0.15, 0.2) is 5.65 Å². The molecule has 0 radical (unpaired) electrons. The highest BCUT2D eigenvalue weighted by molar-refractivity contribution is 6.08. The molecule has 0 spiro atoms. The van der Waals surface area contributed by atoms with E-state index in [1.807, 2.05) is 37.3 Å². The molecular formula is C26H27N5O3. The van der Waals surface area contributed by atoms with E-state index < -0.39 is 0 Å². The summed E-state index contributed by atoms with van der Waals surface area (Å²) in [6, 6.07) is 17.4. The number of rotatable bonds is 6. The van der Waals surface area contributed by atoms with Crippen molar-refractivity contribution >= 4 is 17.2 Å². The summed E-state index contributed by atoms with van der Waals surface area (Å²) in [5.74, 6) is 0.337. The number of nitrogens with one attached hydrogen (secondary N) is 1. The lowest BCUT2D eigenvalue weighted by Gasteiger charge is -2.30. The smallest absolute Gasteiger partial charge is 0.279 e. The summed E-state index contributed by atoms with van der Waals surface area (Å²) < 4.78 is 8.67. The number of benzene rings is 2. The molecule has 2 aromatic heterocycles. The first kappa shape index (κ1) is 21.9. The Morgan fingerprint density at radius 2 is 1.97 bits per heavy atom. The Morgan fingerprint density at radius 1 is 1.15 bits per heavy atom. The Bertz CT molecular complexity index is 1410. The van der Waals surface area contributed by atoms with E-state index in [-0.39, 0.29) is 11.5 Å². The van der Waals surface area contributed by atoms with E-state index in [4.69, 9.17) is 4.74 Å². The summed E-state index contributed by atoms with van der Waals surface area (Å²) in [7, 11) is 1.58. The zero-order valence-electron chi connectivity index (χ0n) is 19.3. The van der Waals surface area contributed by atoms with Gasteiger partial charge in [-0.05, 0) is 24.6 Å². The van der Waals surface area contributed by atoms with Gasteiger partial charge in [0.2, 0.25) is 0 Å². The number of amides is 1. The van der Waals surface area contributed by atoms with Gasteiger partial charge in [0.25, 0.3) is 11.5 Å². The van der Waals surface area contributed by atoms with Crippen LogP contribution in [0.5, 0.6) is 5.75 Å². The molecule has 0 atom stereocenters. The van der Waals surface area contributed by atoms with Crippen LogP contribution in [0.1, 0.15) is 34.1 Å². The van der Waals surface area contributed by atoms with Gasteiger partial charge in [-0.2, -0.15) is 9.61 Å². The first-order valence-electron chi connectivity index (χ1n) is 11.4. The lowest BCUT2D eigenvalue weighted by Crippen LogP contribution is -2.38. The number of hydrogen-bond donors (Lipinski definition) is 1. The van der Waals surface area contributed by atoms with Crippen molar-refractivity contribution in [3.8, 4) is 5.75 Å². The molecule has 8 heteroatoms. The Kier molecular flexibility index (Phi) is 5.90. The van der Waals surface area contributed by atoms with Gasteiger partial charge in [0, 0.05) is 50.0 Å². The van der Waals surface area contributed by atoms with Crippen LogP contribution in [-0.4, -0.2) is 38.6 Å². The van der Waals surface area contributed by atoms with Crippen LogP contribution in [0, 0.1) is 0 Å². The lowest BCUT2D eigenvalue weighted by molar-refractivity contribution is 0.102. The van der Waals surface area contributed by atoms with Crippen LogP contribution >= 0.6 is 0 Å². The normalized spacial score (nSPS) is 13.6. The van der Waals surface area contributed by atoms with Gasteiger partial charge in [-0.3, -0.25) is 14.5 Å². The number of aromatic nitrogens is 3. The summed E-state index contributed by atoms with van der Waals surface area (Å²) >= 11 is 0. The number of anilines is 1. The predicted octanol–water partition coefficient (Wildman–Crippen LogP) is 3.34. The second-order valence-corrected chi connectivity index (χ2v) is 8.40. The molecule has 1 aliphatic rings. The number of aryl methyl sites for hydroxylation is 1. The fourth-order valence-electron chi connectivity index (χ4n) is 4.68. The maximum absolute atomic E-state index is 13.4. The molecule has 34 heavy (non-hydrogen) atoms. The zero-order chi connectivity index (χ0) is 23.7. The molecule has 3 heterocycles. The van der Waals surface area contributed by atoms with Gasteiger partial charge in [-0.1, -0.05) is 36.4 Å². The highest BCUT2D eigenvalue weighted by atomic mass is 16.5. The molecule has 174 valence electrons. The van der Waals surface area contributed by atoms with Gasteiger partial charge in [0.05, 0.1) is 18.9 Å². The predicted molar refractivity (Wildman–Crippen MR) is 130 cm³/mol. The molecule has 4 aromatic rings. The van der Waals surface area contributed by atoms with Crippen molar-refractivity contribution in [3.05, 3.63) is 93.5 Å². The van der Waals surface area contributed by atoms with E-state index in [1.165, 1.54) is 16.3 Å². The molecule has 0 unspecified atom stereocenters. The van der Waals surface area contributed by atoms with Crippen molar-refractivity contribution in [1.29, 1.82) is 0 Å². The number of nitrogens with zero attached hydrogens (tertiary/aromatic N) is 4. The number of carbonyl (C=O) groups is 1. The monoisotopic (exact) mass is 457 g/mol. The van der Waals surface area contributed by atoms with Crippen molar-refractivity contribution in [2.45, 2.75) is 33.0 Å². The first-order valence-corrected chi connectivity index (χ1v) is 11.4. The maximum Gasteiger partial charge on any atom is 0.279 e. The summed E-state index contributed by atoms with van der Waals surface area (Å²) in [6.07, 6.45) is 2.22. The molecule has 2 aromatic carbocycles. The van der Waals surface area contributed by atoms with Crippen LogP contribution in [-0.2, 0) is 26.1 Å². The van der Waals surface area contributed by atoms with Crippen LogP contribution < -0.4 is 15.6 Å². The Hall–Kier alpha value is -3.91. The largest absolute Gasteiger partial charge is 0.497 e. The third-order valence-electron chi connectivity index (χ3n) is 6.31. The van der Waals surface area contributed by atoms with Crippen LogP contribution in [0.2, 0.25) is 0 Å². The third kappa shape index (κ3) is 3.97. The number of ether oxygens (including phenoxy) is 1. The zero-order valence-corrected chi connectivity index (χ0v) is 19.3. The fraction of sp³-hybridized carbons (Fsp3) is 0.269. The molecule has 0 bridgehead atoms. The molecule has 0 saturated carbocycles. The lowest BCUT2D eigenvalue weighted by atomic mass is 10.0. The number of fused-ring (bicyclic) bond motifs is 2. The van der Waals surface area contributed by atoms with E-state index in [9.17, 15) is 9.59 Å². The first-order chi connectivity index (χ1) is 16.6. The highest BCUT2D eigenvalue weighted by Crippen LogP contribution is 2.23. The molecule has 8 nitrogen and oxygen atoms in total. The number of hydrogen-bond acceptors (Lipinski definition) is 5. The highest BCUT2D eigenvalue weighted by Gasteiger charge is 2.27. The van der Waals surface area contributed by atoms with Gasteiger partial charge in [-0.25, -0.2) is 0 Å². The standard InChI is InChI=1S/C26H27N5O3/c1-3-30-23-12-13-29(16-18-8-5-4-6-9-18)17-22(23)26(33)31-25(30)21(15-27-31)24(32)28-19-10-7-11-20(14-19)34-2/h4-11,14-15H,3,12-13,16-17H2,1-2H3,(H,28,32). The number of carbonyl (C=O) groups excluding carboxylic acids is 1. The quantitative estimate of drug-likeness (QED) is 0.480. The van der Waals surface area contributed by atoms with Crippen molar-refractivity contribution < 1.29 is 9.53 Å². The van der Waals surface area contributed by atoms with Crippen LogP contribution in [0.25, 0.3) is 5.65 Å². The minimum Gasteiger partial charge on any atom is -0.497 e. The van der Waals surface area contributed by atoms with Crippen molar-refractivity contribution in [2.75, 3.05) is 19.0 Å².